The Kier molecular flexibility index (Phi) is 8.08. The van der Waals surface area contributed by atoms with Gasteiger partial charge < -0.3 is 26.2 Å². The minimum absolute atomic E-state index is 0.274. The van der Waals surface area contributed by atoms with Gasteiger partial charge in [0, 0.05) is 69.1 Å². The number of piperazine rings is 1. The van der Waals surface area contributed by atoms with Gasteiger partial charge in [-0.05, 0) is 48.4 Å². The van der Waals surface area contributed by atoms with Gasteiger partial charge in [0.25, 0.3) is 0 Å². The number of nitrogens with zero attached hydrogens (tertiary/aromatic N) is 5. The zero-order chi connectivity index (χ0) is 26.4. The van der Waals surface area contributed by atoms with Gasteiger partial charge in [0.2, 0.25) is 5.95 Å². The van der Waals surface area contributed by atoms with Crippen molar-refractivity contribution < 1.29 is 14.6 Å². The van der Waals surface area contributed by atoms with Crippen LogP contribution in [-0.4, -0.2) is 93.8 Å². The first kappa shape index (κ1) is 26.0. The Morgan fingerprint density at radius 1 is 1.05 bits per heavy atom. The molecule has 0 bridgehead atoms. The summed E-state index contributed by atoms with van der Waals surface area (Å²) < 4.78 is 5.23. The molecule has 0 aliphatic carbocycles. The number of pyridine rings is 1. The first-order valence-electron chi connectivity index (χ1n) is 12.9. The predicted molar refractivity (Wildman–Crippen MR) is 145 cm³/mol. The summed E-state index contributed by atoms with van der Waals surface area (Å²) in [4.78, 5) is 29.5. The van der Waals surface area contributed by atoms with Crippen molar-refractivity contribution in [3.8, 4) is 11.1 Å². The van der Waals surface area contributed by atoms with E-state index in [2.05, 4.69) is 47.5 Å². The molecular weight excluding hydrogens is 484 g/mol. The number of anilines is 3. The molecule has 0 unspecified atom stereocenters. The van der Waals surface area contributed by atoms with Crippen molar-refractivity contribution in [3.63, 3.8) is 0 Å². The molecule has 0 spiro atoms. The second-order valence-corrected chi connectivity index (χ2v) is 9.71. The molecule has 200 valence electrons. The summed E-state index contributed by atoms with van der Waals surface area (Å²) in [6.07, 6.45) is 6.23. The highest BCUT2D eigenvalue weighted by Crippen LogP contribution is 2.28. The van der Waals surface area contributed by atoms with Crippen LogP contribution in [0.1, 0.15) is 12.0 Å². The summed E-state index contributed by atoms with van der Waals surface area (Å²) in [6, 6.07) is 12.2. The van der Waals surface area contributed by atoms with E-state index in [1.54, 1.807) is 18.6 Å². The number of carboxylic acids is 1. The van der Waals surface area contributed by atoms with Crippen molar-refractivity contribution in [1.82, 2.24) is 24.8 Å². The Morgan fingerprint density at radius 2 is 1.84 bits per heavy atom. The van der Waals surface area contributed by atoms with Crippen LogP contribution in [0, 0.1) is 0 Å². The fourth-order valence-corrected chi connectivity index (χ4v) is 4.77. The first-order chi connectivity index (χ1) is 18.6. The van der Waals surface area contributed by atoms with Crippen LogP contribution in [0.4, 0.5) is 17.5 Å². The maximum atomic E-state index is 11.8. The lowest BCUT2D eigenvalue weighted by molar-refractivity contribution is -0.190. The summed E-state index contributed by atoms with van der Waals surface area (Å²) in [5.41, 5.74) is 8.71. The van der Waals surface area contributed by atoms with Crippen molar-refractivity contribution in [2.24, 2.45) is 5.73 Å². The monoisotopic (exact) mass is 518 g/mol. The Hall–Kier alpha value is -3.64. The fourth-order valence-electron chi connectivity index (χ4n) is 4.77. The van der Waals surface area contributed by atoms with E-state index < -0.39 is 11.5 Å². The molecule has 5 N–H and O–H groups in total. The number of nitrogens with one attached hydrogen (secondary N) is 2. The summed E-state index contributed by atoms with van der Waals surface area (Å²) in [5.74, 6) is 0.542. The SMILES string of the molecule is NCCCNc1ncc(-c2ccnc(Nc3cccc(CN4CCN(C5(C(=O)O)COC5)CC4)c3)c2)cn1. The normalized spacial score (nSPS) is 17.5. The zero-order valence-electron chi connectivity index (χ0n) is 21.3. The molecule has 0 atom stereocenters. The summed E-state index contributed by atoms with van der Waals surface area (Å²) in [6.45, 7) is 5.80. The molecule has 2 aliphatic rings. The molecule has 11 heteroatoms. The average molecular weight is 519 g/mol. The molecule has 0 saturated carbocycles. The highest BCUT2D eigenvalue weighted by molar-refractivity contribution is 5.80. The van der Waals surface area contributed by atoms with E-state index in [0.29, 0.717) is 12.5 Å². The van der Waals surface area contributed by atoms with Crippen LogP contribution in [-0.2, 0) is 16.1 Å². The Morgan fingerprint density at radius 3 is 2.53 bits per heavy atom. The molecule has 11 nitrogen and oxygen atoms in total. The van der Waals surface area contributed by atoms with Crippen LogP contribution in [0.5, 0.6) is 0 Å². The second kappa shape index (κ2) is 11.8. The molecule has 38 heavy (non-hydrogen) atoms. The van der Waals surface area contributed by atoms with Crippen LogP contribution in [0.25, 0.3) is 11.1 Å². The third-order valence-corrected chi connectivity index (χ3v) is 7.07. The van der Waals surface area contributed by atoms with E-state index in [-0.39, 0.29) is 13.2 Å². The minimum atomic E-state index is -0.840. The number of rotatable bonds is 11. The Bertz CT molecular complexity index is 1230. The van der Waals surface area contributed by atoms with E-state index in [1.807, 2.05) is 24.3 Å². The largest absolute Gasteiger partial charge is 0.480 e. The minimum Gasteiger partial charge on any atom is -0.480 e. The topological polar surface area (TPSA) is 142 Å². The number of aliphatic carboxylic acids is 1. The van der Waals surface area contributed by atoms with Gasteiger partial charge in [-0.2, -0.15) is 0 Å². The van der Waals surface area contributed by atoms with Crippen molar-refractivity contribution in [2.75, 3.05) is 63.1 Å². The molecular formula is C27H34N8O3. The number of hydrogen-bond acceptors (Lipinski definition) is 10. The van der Waals surface area contributed by atoms with Crippen molar-refractivity contribution in [3.05, 3.63) is 60.6 Å². The van der Waals surface area contributed by atoms with Gasteiger partial charge in [0.1, 0.15) is 5.82 Å². The standard InChI is InChI=1S/C27H34N8O3/c28-6-2-7-30-26-31-15-22(16-32-26)21-5-8-29-24(14-21)33-23-4-1-3-20(13-23)17-34-9-11-35(12-10-34)27(25(36)37)18-38-19-27/h1,3-5,8,13-16H,2,6-7,9-12,17-19,28H2,(H,29,33)(H,36,37)(H,30,31,32). The molecule has 3 aromatic rings. The lowest BCUT2D eigenvalue weighted by Gasteiger charge is -2.49. The maximum Gasteiger partial charge on any atom is 0.328 e. The van der Waals surface area contributed by atoms with Crippen molar-refractivity contribution in [1.29, 1.82) is 0 Å². The van der Waals surface area contributed by atoms with E-state index >= 15 is 0 Å². The van der Waals surface area contributed by atoms with Crippen molar-refractivity contribution in [2.45, 2.75) is 18.5 Å². The molecule has 1 aromatic carbocycles. The molecule has 2 aliphatic heterocycles. The fraction of sp³-hybridized carbons (Fsp3) is 0.407. The predicted octanol–water partition coefficient (Wildman–Crippen LogP) is 2.01. The van der Waals surface area contributed by atoms with Crippen LogP contribution in [0.15, 0.2) is 55.0 Å². The lowest BCUT2D eigenvalue weighted by atomic mass is 9.94. The van der Waals surface area contributed by atoms with Gasteiger partial charge in [-0.15, -0.1) is 0 Å². The van der Waals surface area contributed by atoms with Gasteiger partial charge in [-0.3, -0.25) is 14.6 Å². The summed E-state index contributed by atoms with van der Waals surface area (Å²) >= 11 is 0. The highest BCUT2D eigenvalue weighted by atomic mass is 16.5. The van der Waals surface area contributed by atoms with Crippen LogP contribution in [0.2, 0.25) is 0 Å². The number of carboxylic acid groups (broad SMARTS) is 1. The number of hydrogen-bond donors (Lipinski definition) is 4. The van der Waals surface area contributed by atoms with Gasteiger partial charge in [0.05, 0.1) is 13.2 Å². The molecule has 4 heterocycles. The molecule has 0 radical (unpaired) electrons. The number of aromatic nitrogens is 3. The zero-order valence-corrected chi connectivity index (χ0v) is 21.3. The van der Waals surface area contributed by atoms with Crippen LogP contribution in [0.3, 0.4) is 0 Å². The van der Waals surface area contributed by atoms with Gasteiger partial charge in [-0.25, -0.2) is 15.0 Å². The third kappa shape index (κ3) is 5.91. The molecule has 2 saturated heterocycles. The average Bonchev–Trinajstić information content (AvgIpc) is 2.90. The summed E-state index contributed by atoms with van der Waals surface area (Å²) in [7, 11) is 0. The quantitative estimate of drug-likeness (QED) is 0.277. The van der Waals surface area contributed by atoms with Gasteiger partial charge in [0.15, 0.2) is 5.54 Å². The smallest absolute Gasteiger partial charge is 0.328 e. The van der Waals surface area contributed by atoms with Gasteiger partial charge in [-0.1, -0.05) is 12.1 Å². The van der Waals surface area contributed by atoms with E-state index in [0.717, 1.165) is 68.3 Å². The number of carbonyl (C=O) groups is 1. The van der Waals surface area contributed by atoms with E-state index in [4.69, 9.17) is 10.5 Å². The number of ether oxygens (including phenoxy) is 1. The van der Waals surface area contributed by atoms with Crippen molar-refractivity contribution >= 4 is 23.4 Å². The Balaban J connectivity index is 1.17. The first-order valence-corrected chi connectivity index (χ1v) is 12.9. The second-order valence-electron chi connectivity index (χ2n) is 9.71. The highest BCUT2D eigenvalue weighted by Gasteiger charge is 2.51. The van der Waals surface area contributed by atoms with Crippen LogP contribution < -0.4 is 16.4 Å². The van der Waals surface area contributed by atoms with Crippen LogP contribution >= 0.6 is 0 Å². The lowest BCUT2D eigenvalue weighted by Crippen LogP contribution is -2.70. The van der Waals surface area contributed by atoms with E-state index in [9.17, 15) is 9.90 Å². The molecule has 0 amide bonds. The van der Waals surface area contributed by atoms with Gasteiger partial charge >= 0.3 is 5.97 Å². The molecule has 5 rings (SSSR count). The van der Waals surface area contributed by atoms with E-state index in [1.165, 1.54) is 5.56 Å². The molecule has 2 fully saturated rings. The maximum absolute atomic E-state index is 11.8. The molecule has 2 aromatic heterocycles. The third-order valence-electron chi connectivity index (χ3n) is 7.07. The Labute approximate surface area is 222 Å². The number of benzene rings is 1. The summed E-state index contributed by atoms with van der Waals surface area (Å²) in [5, 5.41) is 16.2. The number of nitrogens with two attached hydrogens (primary N) is 1.